The number of primary amides is 1. The van der Waals surface area contributed by atoms with Gasteiger partial charge in [0.1, 0.15) is 0 Å². The quantitative estimate of drug-likeness (QED) is 0.798. The van der Waals surface area contributed by atoms with E-state index in [0.29, 0.717) is 5.57 Å². The predicted octanol–water partition coefficient (Wildman–Crippen LogP) is 2.33. The van der Waals surface area contributed by atoms with Gasteiger partial charge in [-0.25, -0.2) is 0 Å². The summed E-state index contributed by atoms with van der Waals surface area (Å²) in [7, 11) is 4.12. The first-order valence-electron chi connectivity index (χ1n) is 6.52. The summed E-state index contributed by atoms with van der Waals surface area (Å²) in [5, 5.41) is 0. The van der Waals surface area contributed by atoms with Crippen LogP contribution < -0.4 is 5.73 Å². The number of benzene rings is 1. The van der Waals surface area contributed by atoms with Crippen LogP contribution in [0.3, 0.4) is 0 Å². The number of amides is 1. The van der Waals surface area contributed by atoms with Gasteiger partial charge in [0.25, 0.3) is 0 Å². The van der Waals surface area contributed by atoms with E-state index in [-0.39, 0.29) is 11.3 Å². The molecule has 0 aromatic heterocycles. The third kappa shape index (κ3) is 4.52. The summed E-state index contributed by atoms with van der Waals surface area (Å²) >= 11 is 0. The molecule has 1 unspecified atom stereocenters. The summed E-state index contributed by atoms with van der Waals surface area (Å²) in [5.74, 6) is -0.347. The van der Waals surface area contributed by atoms with Crippen molar-refractivity contribution in [1.29, 1.82) is 0 Å². The summed E-state index contributed by atoms with van der Waals surface area (Å²) in [5.41, 5.74) is 7.16. The smallest absolute Gasteiger partial charge is 0.244 e. The lowest BCUT2D eigenvalue weighted by atomic mass is 9.78. The molecule has 1 rings (SSSR count). The van der Waals surface area contributed by atoms with Crippen LogP contribution in [-0.2, 0) is 10.2 Å². The van der Waals surface area contributed by atoms with Crippen LogP contribution in [0.1, 0.15) is 25.8 Å². The van der Waals surface area contributed by atoms with E-state index < -0.39 is 0 Å². The standard InChI is InChI=1S/C16H24N2O/c1-13(15(17)19)10-11-16(2,12-18(3)4)14-8-6-5-7-9-14/h5-10H,11-12H2,1-4H3,(H2,17,19). The van der Waals surface area contributed by atoms with Gasteiger partial charge in [0.05, 0.1) is 0 Å². The van der Waals surface area contributed by atoms with Gasteiger partial charge in [0.2, 0.25) is 5.91 Å². The molecule has 0 fully saturated rings. The highest BCUT2D eigenvalue weighted by Gasteiger charge is 2.26. The minimum absolute atomic E-state index is 0.0263. The van der Waals surface area contributed by atoms with E-state index in [0.717, 1.165) is 13.0 Å². The average Bonchev–Trinajstić information content (AvgIpc) is 2.36. The number of nitrogens with two attached hydrogens (primary N) is 1. The van der Waals surface area contributed by atoms with Gasteiger partial charge in [-0.2, -0.15) is 0 Å². The van der Waals surface area contributed by atoms with Crippen molar-refractivity contribution in [1.82, 2.24) is 4.90 Å². The maximum absolute atomic E-state index is 11.1. The molecular formula is C16H24N2O. The van der Waals surface area contributed by atoms with Gasteiger partial charge < -0.3 is 10.6 Å². The number of carbonyl (C=O) groups excluding carboxylic acids is 1. The lowest BCUT2D eigenvalue weighted by Crippen LogP contribution is -2.34. The zero-order valence-corrected chi connectivity index (χ0v) is 12.3. The molecule has 19 heavy (non-hydrogen) atoms. The van der Waals surface area contributed by atoms with Gasteiger partial charge in [-0.1, -0.05) is 43.3 Å². The molecule has 0 spiro atoms. The van der Waals surface area contributed by atoms with Gasteiger partial charge >= 0.3 is 0 Å². The van der Waals surface area contributed by atoms with Crippen molar-refractivity contribution >= 4 is 5.91 Å². The van der Waals surface area contributed by atoms with Crippen LogP contribution >= 0.6 is 0 Å². The molecule has 1 amide bonds. The minimum Gasteiger partial charge on any atom is -0.366 e. The molecule has 0 bridgehead atoms. The van der Waals surface area contributed by atoms with Crippen LogP contribution in [0, 0.1) is 0 Å². The summed E-state index contributed by atoms with van der Waals surface area (Å²) in [6.07, 6.45) is 2.74. The fourth-order valence-electron chi connectivity index (χ4n) is 2.29. The second-order valence-electron chi connectivity index (χ2n) is 5.62. The van der Waals surface area contributed by atoms with Gasteiger partial charge in [0.15, 0.2) is 0 Å². The van der Waals surface area contributed by atoms with Crippen LogP contribution in [-0.4, -0.2) is 31.4 Å². The summed E-state index contributed by atoms with van der Waals surface area (Å²) < 4.78 is 0. The van der Waals surface area contributed by atoms with Gasteiger partial charge in [0, 0.05) is 17.5 Å². The third-order valence-electron chi connectivity index (χ3n) is 3.38. The van der Waals surface area contributed by atoms with Crippen molar-refractivity contribution in [2.75, 3.05) is 20.6 Å². The van der Waals surface area contributed by atoms with Crippen molar-refractivity contribution in [2.45, 2.75) is 25.7 Å². The molecule has 3 nitrogen and oxygen atoms in total. The number of carbonyl (C=O) groups is 1. The largest absolute Gasteiger partial charge is 0.366 e. The Kier molecular flexibility index (Phi) is 5.31. The Morgan fingerprint density at radius 3 is 2.37 bits per heavy atom. The highest BCUT2D eigenvalue weighted by atomic mass is 16.1. The van der Waals surface area contributed by atoms with E-state index in [9.17, 15) is 4.79 Å². The van der Waals surface area contributed by atoms with Crippen LogP contribution in [0.25, 0.3) is 0 Å². The first-order valence-corrected chi connectivity index (χ1v) is 6.52. The van der Waals surface area contributed by atoms with Gasteiger partial charge in [-0.05, 0) is 33.0 Å². The Bertz CT molecular complexity index is 451. The van der Waals surface area contributed by atoms with Crippen molar-refractivity contribution in [3.05, 3.63) is 47.5 Å². The maximum atomic E-state index is 11.1. The van der Waals surface area contributed by atoms with Crippen LogP contribution in [0.5, 0.6) is 0 Å². The Morgan fingerprint density at radius 1 is 1.32 bits per heavy atom. The van der Waals surface area contributed by atoms with E-state index in [1.807, 2.05) is 24.3 Å². The lowest BCUT2D eigenvalue weighted by Gasteiger charge is -2.32. The average molecular weight is 260 g/mol. The first kappa shape index (κ1) is 15.4. The molecule has 0 saturated heterocycles. The maximum Gasteiger partial charge on any atom is 0.244 e. The molecule has 104 valence electrons. The molecule has 0 heterocycles. The predicted molar refractivity (Wildman–Crippen MR) is 79.9 cm³/mol. The molecule has 1 aromatic carbocycles. The van der Waals surface area contributed by atoms with E-state index in [4.69, 9.17) is 5.73 Å². The summed E-state index contributed by atoms with van der Waals surface area (Å²) in [4.78, 5) is 13.3. The number of likely N-dealkylation sites (N-methyl/N-ethyl adjacent to an activating group) is 1. The zero-order valence-electron chi connectivity index (χ0n) is 12.3. The van der Waals surface area contributed by atoms with Crippen molar-refractivity contribution < 1.29 is 4.79 Å². The van der Waals surface area contributed by atoms with E-state index in [1.165, 1.54) is 5.56 Å². The highest BCUT2D eigenvalue weighted by molar-refractivity contribution is 5.91. The normalized spacial score (nSPS) is 15.3. The molecule has 2 N–H and O–H groups in total. The number of hydrogen-bond donors (Lipinski definition) is 1. The highest BCUT2D eigenvalue weighted by Crippen LogP contribution is 2.29. The Balaban J connectivity index is 3.01. The molecule has 0 aliphatic carbocycles. The molecule has 0 radical (unpaired) electrons. The molecule has 1 atom stereocenters. The van der Waals surface area contributed by atoms with E-state index in [1.54, 1.807) is 6.92 Å². The molecule has 1 aromatic rings. The van der Waals surface area contributed by atoms with Crippen molar-refractivity contribution in [3.8, 4) is 0 Å². The molecule has 0 saturated carbocycles. The Morgan fingerprint density at radius 2 is 1.89 bits per heavy atom. The Hall–Kier alpha value is -1.61. The van der Waals surface area contributed by atoms with Gasteiger partial charge in [-0.3, -0.25) is 4.79 Å². The van der Waals surface area contributed by atoms with Crippen LogP contribution in [0.2, 0.25) is 0 Å². The van der Waals surface area contributed by atoms with Gasteiger partial charge in [-0.15, -0.1) is 0 Å². The number of allylic oxidation sites excluding steroid dienone is 1. The molecule has 0 aliphatic heterocycles. The lowest BCUT2D eigenvalue weighted by molar-refractivity contribution is -0.114. The number of nitrogens with zero attached hydrogens (tertiary/aromatic N) is 1. The van der Waals surface area contributed by atoms with Crippen molar-refractivity contribution in [2.24, 2.45) is 5.73 Å². The third-order valence-corrected chi connectivity index (χ3v) is 3.38. The second kappa shape index (κ2) is 6.53. The van der Waals surface area contributed by atoms with E-state index in [2.05, 4.69) is 38.1 Å². The fourth-order valence-corrected chi connectivity index (χ4v) is 2.29. The monoisotopic (exact) mass is 260 g/mol. The second-order valence-corrected chi connectivity index (χ2v) is 5.62. The SMILES string of the molecule is CC(=CCC(C)(CN(C)C)c1ccccc1)C(N)=O. The molecular weight excluding hydrogens is 236 g/mol. The Labute approximate surface area is 116 Å². The van der Waals surface area contributed by atoms with Crippen LogP contribution in [0.4, 0.5) is 0 Å². The molecule has 3 heteroatoms. The zero-order chi connectivity index (χ0) is 14.5. The summed E-state index contributed by atoms with van der Waals surface area (Å²) in [6, 6.07) is 10.4. The first-order chi connectivity index (χ1) is 8.85. The van der Waals surface area contributed by atoms with Crippen molar-refractivity contribution in [3.63, 3.8) is 0 Å². The number of rotatable bonds is 6. The van der Waals surface area contributed by atoms with E-state index >= 15 is 0 Å². The molecule has 0 aliphatic rings. The minimum atomic E-state index is -0.347. The fraction of sp³-hybridized carbons (Fsp3) is 0.438. The number of hydrogen-bond acceptors (Lipinski definition) is 2. The topological polar surface area (TPSA) is 46.3 Å². The summed E-state index contributed by atoms with van der Waals surface area (Å²) in [6.45, 7) is 4.90. The van der Waals surface area contributed by atoms with Crippen LogP contribution in [0.15, 0.2) is 42.0 Å².